The molecule has 0 radical (unpaired) electrons. The standard InChI is InChI=1S/C19H17ClFNO4S/c1-27-14-5-2-12(3-6-14)17(23)8-9-19(25)26-11-18(24)22-13-4-7-16(21)15(20)10-13/h2-7,10H,8-9,11H2,1H3,(H,22,24). The lowest BCUT2D eigenvalue weighted by molar-refractivity contribution is -0.147. The number of amides is 1. The number of halogens is 2. The molecule has 0 unspecified atom stereocenters. The maximum atomic E-state index is 13.1. The Morgan fingerprint density at radius 2 is 1.81 bits per heavy atom. The van der Waals surface area contributed by atoms with E-state index in [0.29, 0.717) is 5.56 Å². The summed E-state index contributed by atoms with van der Waals surface area (Å²) in [6, 6.07) is 10.8. The Labute approximate surface area is 165 Å². The Morgan fingerprint density at radius 1 is 1.11 bits per heavy atom. The Kier molecular flexibility index (Phi) is 7.82. The quantitative estimate of drug-likeness (QED) is 0.398. The average Bonchev–Trinajstić information content (AvgIpc) is 2.67. The third-order valence-corrected chi connectivity index (χ3v) is 4.57. The molecule has 8 heteroatoms. The van der Waals surface area contributed by atoms with E-state index in [1.165, 1.54) is 12.1 Å². The molecule has 1 N–H and O–H groups in total. The van der Waals surface area contributed by atoms with Gasteiger partial charge in [-0.1, -0.05) is 23.7 Å². The van der Waals surface area contributed by atoms with Crippen LogP contribution in [0.5, 0.6) is 0 Å². The number of carbonyl (C=O) groups excluding carboxylic acids is 3. The number of esters is 1. The van der Waals surface area contributed by atoms with E-state index in [0.717, 1.165) is 11.0 Å². The summed E-state index contributed by atoms with van der Waals surface area (Å²) in [5.41, 5.74) is 0.804. The highest BCUT2D eigenvalue weighted by molar-refractivity contribution is 7.98. The molecule has 0 aromatic heterocycles. The Morgan fingerprint density at radius 3 is 2.44 bits per heavy atom. The first-order chi connectivity index (χ1) is 12.9. The summed E-state index contributed by atoms with van der Waals surface area (Å²) in [5.74, 6) is -2.03. The molecule has 2 rings (SSSR count). The number of ketones is 1. The molecule has 0 saturated heterocycles. The fraction of sp³-hybridized carbons (Fsp3) is 0.211. The zero-order chi connectivity index (χ0) is 19.8. The number of hydrogen-bond donors (Lipinski definition) is 1. The molecule has 0 fully saturated rings. The minimum absolute atomic E-state index is 0.00730. The lowest BCUT2D eigenvalue weighted by atomic mass is 10.1. The summed E-state index contributed by atoms with van der Waals surface area (Å²) in [6.45, 7) is -0.509. The van der Waals surface area contributed by atoms with Gasteiger partial charge in [0.25, 0.3) is 5.91 Å². The second-order valence-electron chi connectivity index (χ2n) is 5.49. The molecule has 0 aliphatic carbocycles. The molecule has 0 spiro atoms. The van der Waals surface area contributed by atoms with Crippen LogP contribution in [0.3, 0.4) is 0 Å². The predicted octanol–water partition coefficient (Wildman–Crippen LogP) is 4.35. The van der Waals surface area contributed by atoms with Gasteiger partial charge in [0, 0.05) is 22.6 Å². The van der Waals surface area contributed by atoms with Crippen LogP contribution in [0.2, 0.25) is 5.02 Å². The molecule has 0 bridgehead atoms. The highest BCUT2D eigenvalue weighted by Gasteiger charge is 2.12. The molecule has 0 heterocycles. The van der Waals surface area contributed by atoms with Crippen molar-refractivity contribution in [3.63, 3.8) is 0 Å². The number of rotatable bonds is 8. The molecule has 0 aliphatic rings. The Balaban J connectivity index is 1.74. The Hall–Kier alpha value is -2.38. The molecule has 27 heavy (non-hydrogen) atoms. The number of anilines is 1. The second kappa shape index (κ2) is 10.1. The fourth-order valence-electron chi connectivity index (χ4n) is 2.13. The van der Waals surface area contributed by atoms with Crippen LogP contribution < -0.4 is 5.32 Å². The van der Waals surface area contributed by atoms with Crippen molar-refractivity contribution in [3.05, 3.63) is 58.9 Å². The molecule has 2 aromatic rings. The van der Waals surface area contributed by atoms with Crippen LogP contribution in [-0.4, -0.2) is 30.5 Å². The number of carbonyl (C=O) groups is 3. The second-order valence-corrected chi connectivity index (χ2v) is 6.78. The van der Waals surface area contributed by atoms with Crippen LogP contribution in [0, 0.1) is 5.82 Å². The molecule has 0 saturated carbocycles. The average molecular weight is 410 g/mol. The number of thioether (sulfide) groups is 1. The molecule has 0 aliphatic heterocycles. The maximum absolute atomic E-state index is 13.1. The normalized spacial score (nSPS) is 10.3. The van der Waals surface area contributed by atoms with Gasteiger partial charge in [0.2, 0.25) is 0 Å². The van der Waals surface area contributed by atoms with Gasteiger partial charge < -0.3 is 10.1 Å². The van der Waals surface area contributed by atoms with Crippen molar-refractivity contribution >= 4 is 46.7 Å². The zero-order valence-corrected chi connectivity index (χ0v) is 16.0. The number of benzene rings is 2. The van der Waals surface area contributed by atoms with Gasteiger partial charge in [-0.2, -0.15) is 0 Å². The van der Waals surface area contributed by atoms with E-state index in [1.54, 1.807) is 23.9 Å². The fourth-order valence-corrected chi connectivity index (χ4v) is 2.71. The first-order valence-electron chi connectivity index (χ1n) is 7.97. The largest absolute Gasteiger partial charge is 0.456 e. The number of nitrogens with one attached hydrogen (secondary N) is 1. The smallest absolute Gasteiger partial charge is 0.306 e. The number of Topliss-reactive ketones (excluding diaryl/α,β-unsaturated/α-hetero) is 1. The summed E-state index contributed by atoms with van der Waals surface area (Å²) in [4.78, 5) is 36.5. The molecule has 1 amide bonds. The summed E-state index contributed by atoms with van der Waals surface area (Å²) in [6.07, 6.45) is 1.80. The van der Waals surface area contributed by atoms with Gasteiger partial charge in [0.1, 0.15) is 5.82 Å². The van der Waals surface area contributed by atoms with Crippen molar-refractivity contribution in [2.24, 2.45) is 0 Å². The van der Waals surface area contributed by atoms with Gasteiger partial charge >= 0.3 is 5.97 Å². The van der Waals surface area contributed by atoms with E-state index in [-0.39, 0.29) is 29.3 Å². The maximum Gasteiger partial charge on any atom is 0.306 e. The van der Waals surface area contributed by atoms with E-state index >= 15 is 0 Å². The van der Waals surface area contributed by atoms with Crippen molar-refractivity contribution in [1.29, 1.82) is 0 Å². The molecule has 142 valence electrons. The first-order valence-corrected chi connectivity index (χ1v) is 9.57. The number of hydrogen-bond acceptors (Lipinski definition) is 5. The van der Waals surface area contributed by atoms with Crippen LogP contribution in [0.15, 0.2) is 47.4 Å². The van der Waals surface area contributed by atoms with Crippen LogP contribution >= 0.6 is 23.4 Å². The number of ether oxygens (including phenoxy) is 1. The van der Waals surface area contributed by atoms with E-state index in [4.69, 9.17) is 16.3 Å². The zero-order valence-electron chi connectivity index (χ0n) is 14.5. The minimum atomic E-state index is -0.656. The topological polar surface area (TPSA) is 72.5 Å². The molecule has 2 aromatic carbocycles. The van der Waals surface area contributed by atoms with Gasteiger partial charge in [0.05, 0.1) is 11.4 Å². The van der Waals surface area contributed by atoms with Gasteiger partial charge in [-0.25, -0.2) is 4.39 Å². The van der Waals surface area contributed by atoms with Crippen molar-refractivity contribution in [2.75, 3.05) is 18.2 Å². The van der Waals surface area contributed by atoms with Gasteiger partial charge in [-0.3, -0.25) is 14.4 Å². The van der Waals surface area contributed by atoms with Gasteiger partial charge in [-0.05, 0) is 36.6 Å². The van der Waals surface area contributed by atoms with Crippen LogP contribution in [0.25, 0.3) is 0 Å². The van der Waals surface area contributed by atoms with E-state index in [2.05, 4.69) is 5.32 Å². The van der Waals surface area contributed by atoms with Crippen LogP contribution in [0.1, 0.15) is 23.2 Å². The highest BCUT2D eigenvalue weighted by atomic mass is 35.5. The lowest BCUT2D eigenvalue weighted by Crippen LogP contribution is -2.21. The van der Waals surface area contributed by atoms with Crippen LogP contribution in [0.4, 0.5) is 10.1 Å². The summed E-state index contributed by atoms with van der Waals surface area (Å²) < 4.78 is 17.9. The van der Waals surface area contributed by atoms with Crippen molar-refractivity contribution in [1.82, 2.24) is 0 Å². The van der Waals surface area contributed by atoms with E-state index in [9.17, 15) is 18.8 Å². The SMILES string of the molecule is CSc1ccc(C(=O)CCC(=O)OCC(=O)Nc2ccc(F)c(Cl)c2)cc1. The highest BCUT2D eigenvalue weighted by Crippen LogP contribution is 2.19. The molecule has 5 nitrogen and oxygen atoms in total. The van der Waals surface area contributed by atoms with Crippen molar-refractivity contribution in [2.45, 2.75) is 17.7 Å². The van der Waals surface area contributed by atoms with E-state index in [1.807, 2.05) is 18.4 Å². The summed E-state index contributed by atoms with van der Waals surface area (Å²) in [7, 11) is 0. The van der Waals surface area contributed by atoms with Gasteiger partial charge in [-0.15, -0.1) is 11.8 Å². The summed E-state index contributed by atoms with van der Waals surface area (Å²) >= 11 is 7.19. The predicted molar refractivity (Wildman–Crippen MR) is 103 cm³/mol. The third-order valence-electron chi connectivity index (χ3n) is 3.54. The van der Waals surface area contributed by atoms with Gasteiger partial charge in [0.15, 0.2) is 12.4 Å². The summed E-state index contributed by atoms with van der Waals surface area (Å²) in [5, 5.41) is 2.30. The van der Waals surface area contributed by atoms with Crippen molar-refractivity contribution in [3.8, 4) is 0 Å². The third kappa shape index (κ3) is 6.69. The van der Waals surface area contributed by atoms with Crippen molar-refractivity contribution < 1.29 is 23.5 Å². The Bertz CT molecular complexity index is 842. The molecule has 0 atom stereocenters. The molecular formula is C19H17ClFNO4S. The van der Waals surface area contributed by atoms with Crippen LogP contribution in [-0.2, 0) is 14.3 Å². The first kappa shape index (κ1) is 20.9. The monoisotopic (exact) mass is 409 g/mol. The minimum Gasteiger partial charge on any atom is -0.456 e. The van der Waals surface area contributed by atoms with E-state index < -0.39 is 24.3 Å². The lowest BCUT2D eigenvalue weighted by Gasteiger charge is -2.07. The molecular weight excluding hydrogens is 393 g/mol.